The van der Waals surface area contributed by atoms with Crippen molar-refractivity contribution in [2.24, 2.45) is 10.2 Å². The zero-order valence-electron chi connectivity index (χ0n) is 7.44. The number of hydrogen-bond donors (Lipinski definition) is 1. The third-order valence-electron chi connectivity index (χ3n) is 1.53. The summed E-state index contributed by atoms with van der Waals surface area (Å²) in [6.45, 7) is 0.332. The molecule has 0 aliphatic carbocycles. The summed E-state index contributed by atoms with van der Waals surface area (Å²) in [6.07, 6.45) is 1.41. The highest BCUT2D eigenvalue weighted by Crippen LogP contribution is 2.05. The lowest BCUT2D eigenvalue weighted by Gasteiger charge is -2.03. The number of carboxylic acid groups (broad SMARTS) is 1. The first kappa shape index (κ1) is 12.1. The minimum Gasteiger partial charge on any atom is -0.481 e. The first-order valence-electron chi connectivity index (χ1n) is 4.00. The van der Waals surface area contributed by atoms with E-state index in [1.807, 2.05) is 0 Å². The van der Waals surface area contributed by atoms with Crippen LogP contribution in [0.15, 0.2) is 10.2 Å². The summed E-state index contributed by atoms with van der Waals surface area (Å²) in [6, 6.07) is -1.02. The Balaban J connectivity index is 3.77. The molecule has 0 aliphatic heterocycles. The Hall–Kier alpha value is -1.91. The van der Waals surface area contributed by atoms with Crippen LogP contribution in [-0.4, -0.2) is 23.7 Å². The normalized spacial score (nSPS) is 10.9. The van der Waals surface area contributed by atoms with Crippen LogP contribution in [0.1, 0.15) is 19.3 Å². The van der Waals surface area contributed by atoms with E-state index >= 15 is 0 Å². The largest absolute Gasteiger partial charge is 0.481 e. The van der Waals surface area contributed by atoms with Crippen molar-refractivity contribution in [3.05, 3.63) is 20.9 Å². The van der Waals surface area contributed by atoms with E-state index in [1.54, 1.807) is 0 Å². The highest BCUT2D eigenvalue weighted by Gasteiger charge is 2.13. The van der Waals surface area contributed by atoms with E-state index < -0.39 is 12.0 Å². The van der Waals surface area contributed by atoms with Crippen molar-refractivity contribution in [1.82, 2.24) is 0 Å². The van der Waals surface area contributed by atoms with Crippen LogP contribution < -0.4 is 0 Å². The van der Waals surface area contributed by atoms with Gasteiger partial charge in [0.05, 0.1) is 0 Å². The van der Waals surface area contributed by atoms with Crippen molar-refractivity contribution in [3.8, 4) is 0 Å². The van der Waals surface area contributed by atoms with E-state index in [-0.39, 0.29) is 6.42 Å². The van der Waals surface area contributed by atoms with Crippen LogP contribution in [-0.2, 0) is 4.79 Å². The molecule has 8 nitrogen and oxygen atoms in total. The maximum Gasteiger partial charge on any atom is 0.312 e. The molecular formula is C6H10N6O2. The molecule has 0 amide bonds. The second kappa shape index (κ2) is 7.72. The van der Waals surface area contributed by atoms with E-state index in [2.05, 4.69) is 20.1 Å². The van der Waals surface area contributed by atoms with Crippen molar-refractivity contribution < 1.29 is 9.90 Å². The number of azide groups is 2. The monoisotopic (exact) mass is 198 g/mol. The highest BCUT2D eigenvalue weighted by atomic mass is 16.4. The Bertz CT molecular complexity index is 276. The zero-order chi connectivity index (χ0) is 10.8. The maximum absolute atomic E-state index is 10.5. The maximum atomic E-state index is 10.5. The van der Waals surface area contributed by atoms with Gasteiger partial charge in [-0.25, -0.2) is 0 Å². The Labute approximate surface area is 79.8 Å². The molecule has 0 aromatic carbocycles. The van der Waals surface area contributed by atoms with Crippen molar-refractivity contribution >= 4 is 5.97 Å². The molecule has 0 saturated heterocycles. The van der Waals surface area contributed by atoms with Crippen LogP contribution >= 0.6 is 0 Å². The average Bonchev–Trinajstić information content (AvgIpc) is 2.15. The SMILES string of the molecule is [N-]=[N+]=NCCCC[C@H](N=[N+]=[N-])C(=O)O. The Morgan fingerprint density at radius 2 is 2.07 bits per heavy atom. The molecule has 0 aromatic rings. The fourth-order valence-electron chi connectivity index (χ4n) is 0.858. The Kier molecular flexibility index (Phi) is 6.67. The molecule has 0 bridgehead atoms. The molecule has 0 saturated carbocycles. The first-order valence-corrected chi connectivity index (χ1v) is 4.00. The summed E-state index contributed by atoms with van der Waals surface area (Å²) in [5.74, 6) is -1.13. The molecule has 0 unspecified atom stereocenters. The fraction of sp³-hybridized carbons (Fsp3) is 0.833. The minimum absolute atomic E-state index is 0.264. The lowest BCUT2D eigenvalue weighted by molar-refractivity contribution is -0.138. The van der Waals surface area contributed by atoms with E-state index in [0.29, 0.717) is 19.4 Å². The molecule has 0 aliphatic rings. The van der Waals surface area contributed by atoms with Gasteiger partial charge in [-0.2, -0.15) is 0 Å². The number of unbranched alkanes of at least 4 members (excludes halogenated alkanes) is 1. The molecule has 0 aromatic heterocycles. The van der Waals surface area contributed by atoms with Crippen molar-refractivity contribution in [2.45, 2.75) is 25.3 Å². The molecule has 0 rings (SSSR count). The van der Waals surface area contributed by atoms with Gasteiger partial charge in [0, 0.05) is 16.4 Å². The van der Waals surface area contributed by atoms with Gasteiger partial charge in [-0.1, -0.05) is 16.6 Å². The average molecular weight is 198 g/mol. The standard InChI is InChI=1S/C6H10N6O2/c7-11-9-4-2-1-3-5(6(13)14)10-12-8/h5H,1-4H2,(H,13,14)/t5-/m0/s1. The van der Waals surface area contributed by atoms with E-state index in [9.17, 15) is 4.79 Å². The van der Waals surface area contributed by atoms with Gasteiger partial charge in [-0.15, -0.1) is 0 Å². The van der Waals surface area contributed by atoms with Gasteiger partial charge in [0.15, 0.2) is 0 Å². The van der Waals surface area contributed by atoms with Crippen molar-refractivity contribution in [1.29, 1.82) is 0 Å². The number of aliphatic carboxylic acids is 1. The van der Waals surface area contributed by atoms with Crippen LogP contribution in [0.4, 0.5) is 0 Å². The van der Waals surface area contributed by atoms with Crippen LogP contribution in [0, 0.1) is 0 Å². The van der Waals surface area contributed by atoms with E-state index in [1.165, 1.54) is 0 Å². The smallest absolute Gasteiger partial charge is 0.312 e. The lowest BCUT2D eigenvalue weighted by Crippen LogP contribution is -2.16. The van der Waals surface area contributed by atoms with Crippen LogP contribution in [0.2, 0.25) is 0 Å². The molecular weight excluding hydrogens is 188 g/mol. The summed E-state index contributed by atoms with van der Waals surface area (Å²) < 4.78 is 0. The van der Waals surface area contributed by atoms with E-state index in [4.69, 9.17) is 16.2 Å². The molecule has 14 heavy (non-hydrogen) atoms. The van der Waals surface area contributed by atoms with Crippen LogP contribution in [0.3, 0.4) is 0 Å². The third-order valence-corrected chi connectivity index (χ3v) is 1.53. The molecule has 8 heteroatoms. The summed E-state index contributed by atoms with van der Waals surface area (Å²) in [5.41, 5.74) is 16.0. The summed E-state index contributed by atoms with van der Waals surface area (Å²) in [7, 11) is 0. The number of hydrogen-bond acceptors (Lipinski definition) is 3. The predicted molar refractivity (Wildman–Crippen MR) is 48.4 cm³/mol. The van der Waals surface area contributed by atoms with Gasteiger partial charge in [0.1, 0.15) is 6.04 Å². The Morgan fingerprint density at radius 1 is 1.36 bits per heavy atom. The third kappa shape index (κ3) is 5.70. The van der Waals surface area contributed by atoms with Crippen molar-refractivity contribution in [2.75, 3.05) is 6.54 Å². The zero-order valence-corrected chi connectivity index (χ0v) is 7.44. The molecule has 0 spiro atoms. The van der Waals surface area contributed by atoms with Gasteiger partial charge in [-0.05, 0) is 23.9 Å². The van der Waals surface area contributed by atoms with Gasteiger partial charge < -0.3 is 5.11 Å². The van der Waals surface area contributed by atoms with Gasteiger partial charge in [0.2, 0.25) is 0 Å². The first-order chi connectivity index (χ1) is 6.72. The molecule has 0 heterocycles. The summed E-state index contributed by atoms with van der Waals surface area (Å²) in [5, 5.41) is 15.0. The lowest BCUT2D eigenvalue weighted by atomic mass is 10.1. The molecule has 1 atom stereocenters. The number of carboxylic acids is 1. The Morgan fingerprint density at radius 3 is 2.57 bits per heavy atom. The highest BCUT2D eigenvalue weighted by molar-refractivity contribution is 5.73. The molecule has 0 radical (unpaired) electrons. The van der Waals surface area contributed by atoms with Gasteiger partial charge in [-0.3, -0.25) is 4.79 Å². The number of rotatable bonds is 7. The van der Waals surface area contributed by atoms with Crippen LogP contribution in [0.5, 0.6) is 0 Å². The second-order valence-electron chi connectivity index (χ2n) is 2.51. The summed E-state index contributed by atoms with van der Waals surface area (Å²) in [4.78, 5) is 15.4. The van der Waals surface area contributed by atoms with E-state index in [0.717, 1.165) is 0 Å². The van der Waals surface area contributed by atoms with Crippen molar-refractivity contribution in [3.63, 3.8) is 0 Å². The molecule has 1 N–H and O–H groups in total. The second-order valence-corrected chi connectivity index (χ2v) is 2.51. The quantitative estimate of drug-likeness (QED) is 0.290. The number of nitrogens with zero attached hydrogens (tertiary/aromatic N) is 6. The van der Waals surface area contributed by atoms with Gasteiger partial charge in [0.25, 0.3) is 0 Å². The molecule has 76 valence electrons. The van der Waals surface area contributed by atoms with Gasteiger partial charge >= 0.3 is 5.97 Å². The summed E-state index contributed by atoms with van der Waals surface area (Å²) >= 11 is 0. The number of carbonyl (C=O) groups is 1. The fourth-order valence-corrected chi connectivity index (χ4v) is 0.858. The predicted octanol–water partition coefficient (Wildman–Crippen LogP) is 2.23. The molecule has 0 fully saturated rings. The van der Waals surface area contributed by atoms with Crippen LogP contribution in [0.25, 0.3) is 20.9 Å². The topological polar surface area (TPSA) is 135 Å². The minimum atomic E-state index is -1.13.